The van der Waals surface area contributed by atoms with Crippen LogP contribution in [0.4, 0.5) is 11.4 Å². The van der Waals surface area contributed by atoms with Crippen molar-refractivity contribution in [3.63, 3.8) is 0 Å². The number of rotatable bonds is 12. The molecule has 9 heteroatoms. The smallest absolute Gasteiger partial charge is 0.159 e. The lowest BCUT2D eigenvalue weighted by Crippen LogP contribution is -2.11. The van der Waals surface area contributed by atoms with Crippen molar-refractivity contribution in [3.8, 4) is 17.6 Å². The van der Waals surface area contributed by atoms with Crippen LogP contribution < -0.4 is 14.8 Å². The number of ketones is 1. The Balaban J connectivity index is 1.69. The molecule has 0 aliphatic heterocycles. The molecule has 0 aliphatic carbocycles. The van der Waals surface area contributed by atoms with E-state index in [0.717, 1.165) is 0 Å². The van der Waals surface area contributed by atoms with E-state index in [1.165, 1.54) is 24.5 Å². The van der Waals surface area contributed by atoms with Crippen molar-refractivity contribution in [2.75, 3.05) is 32.6 Å². The van der Waals surface area contributed by atoms with Gasteiger partial charge in [-0.1, -0.05) is 23.7 Å². The molecule has 0 atom stereocenters. The van der Waals surface area contributed by atoms with Crippen LogP contribution in [0.15, 0.2) is 73.1 Å². The number of carbonyl (C=O) groups is 1. The minimum Gasteiger partial charge on any atom is -0.494 e. The molecule has 1 N–H and O–H groups in total. The van der Waals surface area contributed by atoms with Gasteiger partial charge in [-0.25, -0.2) is 0 Å². The highest BCUT2D eigenvalue weighted by Crippen LogP contribution is 2.36. The average Bonchev–Trinajstić information content (AvgIpc) is 2.98. The van der Waals surface area contributed by atoms with E-state index in [1.807, 2.05) is 25.9 Å². The molecular weight excluding hydrogens is 526 g/mol. The molecule has 0 saturated carbocycles. The number of anilines is 2. The molecule has 0 fully saturated rings. The first kappa shape index (κ1) is 24.6. The van der Waals surface area contributed by atoms with Gasteiger partial charge >= 0.3 is 0 Å². The number of allylic oxidation sites excluding steroid dienone is 1. The van der Waals surface area contributed by atoms with Crippen LogP contribution in [0.2, 0.25) is 5.02 Å². The highest BCUT2D eigenvalue weighted by atomic mass is 35.5. The fraction of sp³-hybridized carbons (Fsp3) is 0.226. The van der Waals surface area contributed by atoms with E-state index in [-0.39, 0.29) is 40.3 Å². The molecule has 40 heavy (non-hydrogen) atoms. The van der Waals surface area contributed by atoms with Gasteiger partial charge in [-0.3, -0.25) is 14.8 Å². The van der Waals surface area contributed by atoms with Crippen LogP contribution in [0.25, 0.3) is 10.9 Å². The van der Waals surface area contributed by atoms with Gasteiger partial charge in [-0.2, -0.15) is 5.26 Å². The SMILES string of the molecule is [2H]/C(=C\CN(C)C)C(=O)Cc1cc2c(Nc3ccc(OC([2H])([2H])c4ccccn4)c(Cl)c3)c(C#N)cnc2cc1OCC. The zero-order valence-corrected chi connectivity index (χ0v) is 23.1. The summed E-state index contributed by atoms with van der Waals surface area (Å²) in [5, 5.41) is 13.8. The first-order valence-corrected chi connectivity index (χ1v) is 12.9. The van der Waals surface area contributed by atoms with E-state index in [2.05, 4.69) is 21.4 Å². The van der Waals surface area contributed by atoms with Gasteiger partial charge in [0.25, 0.3) is 0 Å². The van der Waals surface area contributed by atoms with Crippen molar-refractivity contribution >= 4 is 39.7 Å². The number of pyridine rings is 2. The summed E-state index contributed by atoms with van der Waals surface area (Å²) in [4.78, 5) is 23.2. The van der Waals surface area contributed by atoms with E-state index in [1.54, 1.807) is 42.5 Å². The molecule has 2 heterocycles. The van der Waals surface area contributed by atoms with Gasteiger partial charge in [0.05, 0.1) is 38.2 Å². The number of benzene rings is 2. The van der Waals surface area contributed by atoms with Gasteiger partial charge in [-0.05, 0) is 63.5 Å². The highest BCUT2D eigenvalue weighted by molar-refractivity contribution is 6.32. The Labute approximate surface area is 243 Å². The minimum atomic E-state index is -2.22. The number of nitriles is 1. The third kappa shape index (κ3) is 7.35. The van der Waals surface area contributed by atoms with Crippen LogP contribution in [0.1, 0.15) is 27.9 Å². The zero-order valence-electron chi connectivity index (χ0n) is 25.4. The summed E-state index contributed by atoms with van der Waals surface area (Å²) < 4.78 is 36.1. The van der Waals surface area contributed by atoms with Gasteiger partial charge in [0, 0.05) is 48.1 Å². The molecular formula is C31H30ClN5O3. The van der Waals surface area contributed by atoms with Crippen LogP contribution in [0.5, 0.6) is 11.5 Å². The van der Waals surface area contributed by atoms with E-state index in [9.17, 15) is 10.1 Å². The lowest BCUT2D eigenvalue weighted by atomic mass is 10.0. The molecule has 0 radical (unpaired) electrons. The summed E-state index contributed by atoms with van der Waals surface area (Å²) >= 11 is 6.48. The predicted octanol–water partition coefficient (Wildman–Crippen LogP) is 6.11. The van der Waals surface area contributed by atoms with Gasteiger partial charge in [0.2, 0.25) is 0 Å². The fourth-order valence-electron chi connectivity index (χ4n) is 3.81. The second-order valence-corrected chi connectivity index (χ2v) is 9.38. The molecule has 2 aromatic carbocycles. The number of halogens is 1. The molecule has 0 amide bonds. The molecule has 0 bridgehead atoms. The van der Waals surface area contributed by atoms with Crippen LogP contribution in [0.3, 0.4) is 0 Å². The molecule has 4 aromatic rings. The Kier molecular flexibility index (Phi) is 8.33. The van der Waals surface area contributed by atoms with Gasteiger partial charge in [-0.15, -0.1) is 0 Å². The van der Waals surface area contributed by atoms with Crippen LogP contribution in [-0.4, -0.2) is 47.9 Å². The molecule has 8 nitrogen and oxygen atoms in total. The van der Waals surface area contributed by atoms with Crippen molar-refractivity contribution in [3.05, 3.63) is 94.9 Å². The molecule has 4 rings (SSSR count). The summed E-state index contributed by atoms with van der Waals surface area (Å²) in [6, 6.07) is 15.1. The lowest BCUT2D eigenvalue weighted by Gasteiger charge is -2.16. The van der Waals surface area contributed by atoms with Crippen molar-refractivity contribution in [1.82, 2.24) is 14.9 Å². The van der Waals surface area contributed by atoms with Crippen molar-refractivity contribution in [2.45, 2.75) is 19.9 Å². The average molecular weight is 559 g/mol. The number of hydrogen-bond donors (Lipinski definition) is 1. The maximum atomic E-state index is 12.9. The summed E-state index contributed by atoms with van der Waals surface area (Å²) in [6.45, 7) is 0.441. The summed E-state index contributed by atoms with van der Waals surface area (Å²) in [5.41, 5.74) is 2.38. The number of likely N-dealkylation sites (N-methyl/N-ethyl adjacent to an activating group) is 1. The predicted molar refractivity (Wildman–Crippen MR) is 157 cm³/mol. The summed E-state index contributed by atoms with van der Waals surface area (Å²) in [7, 11) is 3.71. The molecule has 0 spiro atoms. The normalized spacial score (nSPS) is 12.8. The molecule has 0 aliphatic rings. The first-order valence-electron chi connectivity index (χ1n) is 14.0. The van der Waals surface area contributed by atoms with Gasteiger partial charge < -0.3 is 19.7 Å². The van der Waals surface area contributed by atoms with E-state index in [4.69, 9.17) is 25.2 Å². The van der Waals surface area contributed by atoms with Crippen LogP contribution in [0, 0.1) is 11.3 Å². The number of hydrogen-bond acceptors (Lipinski definition) is 8. The van der Waals surface area contributed by atoms with E-state index in [0.29, 0.717) is 46.7 Å². The third-order valence-electron chi connectivity index (χ3n) is 5.67. The van der Waals surface area contributed by atoms with Crippen LogP contribution >= 0.6 is 11.6 Å². The largest absolute Gasteiger partial charge is 0.494 e. The fourth-order valence-corrected chi connectivity index (χ4v) is 4.03. The maximum Gasteiger partial charge on any atom is 0.159 e. The highest BCUT2D eigenvalue weighted by Gasteiger charge is 2.16. The van der Waals surface area contributed by atoms with E-state index >= 15 is 0 Å². The number of ether oxygens (including phenoxy) is 2. The Morgan fingerprint density at radius 3 is 2.75 bits per heavy atom. The Morgan fingerprint density at radius 2 is 2.05 bits per heavy atom. The standard InChI is InChI=1S/C31H30ClN5O3/c1-4-39-30-17-28-26(15-21(30)14-25(38)9-7-13-37(2)3)31(22(18-33)19-35-28)36-23-10-11-29(27(32)16-23)40-20-24-8-5-6-12-34-24/h5-12,15-17,19H,4,13-14,20H2,1-3H3,(H,35,36)/b9-7+/i9D,20D2. The number of aromatic nitrogens is 2. The molecule has 2 aromatic heterocycles. The number of nitrogens with zero attached hydrogens (tertiary/aromatic N) is 4. The van der Waals surface area contributed by atoms with Crippen LogP contribution in [-0.2, 0) is 17.8 Å². The van der Waals surface area contributed by atoms with Crippen molar-refractivity contribution in [2.24, 2.45) is 0 Å². The van der Waals surface area contributed by atoms with Gasteiger partial charge in [0.15, 0.2) is 5.78 Å². The molecule has 0 saturated heterocycles. The Hall–Kier alpha value is -4.45. The second-order valence-electron chi connectivity index (χ2n) is 8.97. The number of carbonyl (C=O) groups excluding carboxylic acids is 1. The summed E-state index contributed by atoms with van der Waals surface area (Å²) in [5.74, 6) is 0.214. The third-order valence-corrected chi connectivity index (χ3v) is 5.97. The summed E-state index contributed by atoms with van der Waals surface area (Å²) in [6.07, 6.45) is 4.41. The van der Waals surface area contributed by atoms with E-state index < -0.39 is 6.56 Å². The quantitative estimate of drug-likeness (QED) is 0.208. The molecule has 204 valence electrons. The Morgan fingerprint density at radius 1 is 1.20 bits per heavy atom. The monoisotopic (exact) mass is 558 g/mol. The lowest BCUT2D eigenvalue weighted by molar-refractivity contribution is -0.114. The minimum absolute atomic E-state index is 0.0691. The van der Waals surface area contributed by atoms with Crippen molar-refractivity contribution in [1.29, 1.82) is 5.26 Å². The second kappa shape index (κ2) is 13.6. The zero-order chi connectivity index (χ0) is 31.1. The molecule has 0 unspecified atom stereocenters. The van der Waals surface area contributed by atoms with Gasteiger partial charge in [0.1, 0.15) is 24.1 Å². The van der Waals surface area contributed by atoms with Crippen molar-refractivity contribution < 1.29 is 18.4 Å². The number of nitrogens with one attached hydrogen (secondary N) is 1. The number of fused-ring (bicyclic) bond motifs is 1. The first-order chi connectivity index (χ1) is 20.5. The maximum absolute atomic E-state index is 12.9. The topological polar surface area (TPSA) is 100 Å². The Bertz CT molecular complexity index is 1710.